The Morgan fingerprint density at radius 2 is 2.21 bits per heavy atom. The third kappa shape index (κ3) is 2.03. The molecule has 0 bridgehead atoms. The van der Waals surface area contributed by atoms with Crippen LogP contribution in [-0.2, 0) is 0 Å². The summed E-state index contributed by atoms with van der Waals surface area (Å²) in [6, 6.07) is 3.97. The van der Waals surface area contributed by atoms with Crippen LogP contribution in [-0.4, -0.2) is 23.3 Å². The van der Waals surface area contributed by atoms with E-state index in [-0.39, 0.29) is 12.0 Å². The van der Waals surface area contributed by atoms with E-state index in [2.05, 4.69) is 20.7 Å². The predicted molar refractivity (Wildman–Crippen MR) is 68.4 cm³/mol. The van der Waals surface area contributed by atoms with Crippen molar-refractivity contribution in [1.29, 1.82) is 0 Å². The second-order valence-electron chi connectivity index (χ2n) is 4.16. The fourth-order valence-electron chi connectivity index (χ4n) is 1.91. The van der Waals surface area contributed by atoms with Crippen molar-refractivity contribution in [3.8, 4) is 0 Å². The lowest BCUT2D eigenvalue weighted by atomic mass is 10.2. The smallest absolute Gasteiger partial charge is 0.218 e. The Balaban J connectivity index is 1.92. The van der Waals surface area contributed by atoms with Gasteiger partial charge in [-0.05, 0) is 19.1 Å². The molecule has 0 spiro atoms. The van der Waals surface area contributed by atoms with Crippen LogP contribution in [0.3, 0.4) is 0 Å². The van der Waals surface area contributed by atoms with E-state index in [4.69, 9.17) is 0 Å². The van der Waals surface area contributed by atoms with E-state index in [9.17, 15) is 8.78 Å². The Bertz CT molecular complexity index is 608. The SMILES string of the molecule is CC1=NC2NC=NN2C(Nc2cccc(F)c2F)=C1. The van der Waals surface area contributed by atoms with E-state index < -0.39 is 11.6 Å². The minimum absolute atomic E-state index is 0.0572. The van der Waals surface area contributed by atoms with Crippen LogP contribution in [0.1, 0.15) is 6.92 Å². The van der Waals surface area contributed by atoms with Gasteiger partial charge in [-0.15, -0.1) is 0 Å². The maximum atomic E-state index is 13.6. The lowest BCUT2D eigenvalue weighted by Crippen LogP contribution is -2.39. The van der Waals surface area contributed by atoms with Gasteiger partial charge in [-0.25, -0.2) is 18.8 Å². The first-order chi connectivity index (χ1) is 9.15. The highest BCUT2D eigenvalue weighted by molar-refractivity contribution is 5.94. The molecule has 19 heavy (non-hydrogen) atoms. The maximum absolute atomic E-state index is 13.6. The molecule has 0 amide bonds. The van der Waals surface area contributed by atoms with E-state index in [0.29, 0.717) is 5.82 Å². The molecule has 2 N–H and O–H groups in total. The quantitative estimate of drug-likeness (QED) is 0.855. The summed E-state index contributed by atoms with van der Waals surface area (Å²) in [6.07, 6.45) is 2.87. The number of allylic oxidation sites excluding steroid dienone is 1. The summed E-state index contributed by atoms with van der Waals surface area (Å²) in [5.41, 5.74) is 0.820. The van der Waals surface area contributed by atoms with Gasteiger partial charge < -0.3 is 10.6 Å². The first-order valence-electron chi connectivity index (χ1n) is 5.70. The number of anilines is 1. The number of hydrazone groups is 1. The average molecular weight is 263 g/mol. The van der Waals surface area contributed by atoms with Crippen molar-refractivity contribution in [1.82, 2.24) is 10.3 Å². The van der Waals surface area contributed by atoms with Gasteiger partial charge in [0.25, 0.3) is 0 Å². The van der Waals surface area contributed by atoms with Crippen molar-refractivity contribution in [3.63, 3.8) is 0 Å². The number of nitrogens with one attached hydrogen (secondary N) is 2. The number of fused-ring (bicyclic) bond motifs is 1. The zero-order valence-electron chi connectivity index (χ0n) is 10.1. The van der Waals surface area contributed by atoms with Crippen LogP contribution >= 0.6 is 0 Å². The Kier molecular flexibility index (Phi) is 2.66. The van der Waals surface area contributed by atoms with Gasteiger partial charge in [0.15, 0.2) is 11.6 Å². The molecule has 0 saturated carbocycles. The molecule has 5 nitrogen and oxygen atoms in total. The van der Waals surface area contributed by atoms with Crippen LogP contribution in [0.4, 0.5) is 14.5 Å². The molecular weight excluding hydrogens is 252 g/mol. The summed E-state index contributed by atoms with van der Waals surface area (Å²) in [5, 5.41) is 11.4. The number of hydrogen-bond donors (Lipinski definition) is 2. The molecule has 2 heterocycles. The van der Waals surface area contributed by atoms with Gasteiger partial charge in [0, 0.05) is 11.8 Å². The van der Waals surface area contributed by atoms with Gasteiger partial charge in [-0.2, -0.15) is 5.10 Å². The molecular formula is C12H11F2N5. The maximum Gasteiger partial charge on any atom is 0.218 e. The van der Waals surface area contributed by atoms with Crippen molar-refractivity contribution in [2.75, 3.05) is 5.32 Å². The summed E-state index contributed by atoms with van der Waals surface area (Å²) in [7, 11) is 0. The molecule has 2 aliphatic rings. The molecule has 0 fully saturated rings. The molecule has 2 aliphatic heterocycles. The van der Waals surface area contributed by atoms with Crippen LogP contribution in [0.5, 0.6) is 0 Å². The Morgan fingerprint density at radius 3 is 3.05 bits per heavy atom. The standard InChI is InChI=1S/C12H11F2N5/c1-7-5-10(19-12(17-7)15-6-16-19)18-9-4-2-3-8(13)11(9)14/h2-6,12,18H,1H3,(H,15,16). The summed E-state index contributed by atoms with van der Waals surface area (Å²) in [5.74, 6) is -1.29. The van der Waals surface area contributed by atoms with Crippen molar-refractivity contribution < 1.29 is 8.78 Å². The van der Waals surface area contributed by atoms with Crippen molar-refractivity contribution in [3.05, 3.63) is 41.7 Å². The van der Waals surface area contributed by atoms with Gasteiger partial charge >= 0.3 is 0 Å². The molecule has 3 rings (SSSR count). The summed E-state index contributed by atoms with van der Waals surface area (Å²) in [6.45, 7) is 1.82. The fourth-order valence-corrected chi connectivity index (χ4v) is 1.91. The summed E-state index contributed by atoms with van der Waals surface area (Å²) in [4.78, 5) is 4.30. The number of hydrogen-bond acceptors (Lipinski definition) is 5. The average Bonchev–Trinajstić information content (AvgIpc) is 2.83. The summed E-state index contributed by atoms with van der Waals surface area (Å²) < 4.78 is 26.8. The molecule has 0 aliphatic carbocycles. The van der Waals surface area contributed by atoms with Crippen LogP contribution < -0.4 is 10.6 Å². The van der Waals surface area contributed by atoms with Gasteiger partial charge in [0.05, 0.1) is 5.69 Å². The highest BCUT2D eigenvalue weighted by atomic mass is 19.2. The van der Waals surface area contributed by atoms with Gasteiger partial charge in [-0.3, -0.25) is 0 Å². The second-order valence-corrected chi connectivity index (χ2v) is 4.16. The number of aliphatic imine (C=N–C) groups is 1. The first kappa shape index (κ1) is 11.6. The fraction of sp³-hybridized carbons (Fsp3) is 0.167. The third-order valence-corrected chi connectivity index (χ3v) is 2.77. The zero-order valence-corrected chi connectivity index (χ0v) is 10.1. The van der Waals surface area contributed by atoms with Crippen LogP contribution in [0, 0.1) is 11.6 Å². The van der Waals surface area contributed by atoms with Crippen LogP contribution in [0.15, 0.2) is 40.2 Å². The zero-order chi connectivity index (χ0) is 13.4. The van der Waals surface area contributed by atoms with Crippen LogP contribution in [0.25, 0.3) is 0 Å². The minimum atomic E-state index is -0.920. The molecule has 1 aromatic rings. The Labute approximate surface area is 108 Å². The van der Waals surface area contributed by atoms with Crippen LogP contribution in [0.2, 0.25) is 0 Å². The molecule has 1 unspecified atom stereocenters. The number of benzene rings is 1. The Hall–Kier alpha value is -2.44. The van der Waals surface area contributed by atoms with E-state index in [1.165, 1.54) is 18.5 Å². The normalized spacial score (nSPS) is 20.6. The largest absolute Gasteiger partial charge is 0.338 e. The minimum Gasteiger partial charge on any atom is -0.338 e. The van der Waals surface area contributed by atoms with E-state index in [1.807, 2.05) is 6.92 Å². The molecule has 1 atom stereocenters. The molecule has 7 heteroatoms. The lowest BCUT2D eigenvalue weighted by molar-refractivity contribution is 0.283. The monoisotopic (exact) mass is 263 g/mol. The Morgan fingerprint density at radius 1 is 1.37 bits per heavy atom. The summed E-state index contributed by atoms with van der Waals surface area (Å²) >= 11 is 0. The van der Waals surface area contributed by atoms with Gasteiger partial charge in [0.2, 0.25) is 6.29 Å². The number of nitrogens with zero attached hydrogens (tertiary/aromatic N) is 3. The van der Waals surface area contributed by atoms with Crippen molar-refractivity contribution in [2.24, 2.45) is 10.1 Å². The van der Waals surface area contributed by atoms with Crippen molar-refractivity contribution in [2.45, 2.75) is 13.2 Å². The molecule has 1 aromatic carbocycles. The van der Waals surface area contributed by atoms with E-state index in [0.717, 1.165) is 11.8 Å². The molecule has 0 radical (unpaired) electrons. The molecule has 98 valence electrons. The lowest BCUT2D eigenvalue weighted by Gasteiger charge is -2.27. The van der Waals surface area contributed by atoms with Gasteiger partial charge in [-0.1, -0.05) is 6.07 Å². The molecule has 0 saturated heterocycles. The van der Waals surface area contributed by atoms with Crippen molar-refractivity contribution >= 4 is 17.7 Å². The number of rotatable bonds is 2. The predicted octanol–water partition coefficient (Wildman–Crippen LogP) is 1.82. The third-order valence-electron chi connectivity index (χ3n) is 2.77. The number of halogens is 2. The highest BCUT2D eigenvalue weighted by Crippen LogP contribution is 2.23. The first-order valence-corrected chi connectivity index (χ1v) is 5.70. The highest BCUT2D eigenvalue weighted by Gasteiger charge is 2.27. The second kappa shape index (κ2) is 4.34. The van der Waals surface area contributed by atoms with Gasteiger partial charge in [0.1, 0.15) is 12.2 Å². The molecule has 0 aromatic heterocycles. The van der Waals surface area contributed by atoms with E-state index >= 15 is 0 Å². The van der Waals surface area contributed by atoms with E-state index in [1.54, 1.807) is 11.1 Å². The topological polar surface area (TPSA) is 52.0 Å².